The molecule has 0 atom stereocenters. The van der Waals surface area contributed by atoms with E-state index in [0.29, 0.717) is 11.3 Å². The summed E-state index contributed by atoms with van der Waals surface area (Å²) in [6.07, 6.45) is 3.05. The lowest BCUT2D eigenvalue weighted by Gasteiger charge is -2.13. The molecule has 14 heteroatoms. The lowest BCUT2D eigenvalue weighted by Crippen LogP contribution is -2.27. The summed E-state index contributed by atoms with van der Waals surface area (Å²) >= 11 is 0. The van der Waals surface area contributed by atoms with Crippen LogP contribution in [0.1, 0.15) is 16.1 Å². The third kappa shape index (κ3) is 3.46. The lowest BCUT2D eigenvalue weighted by atomic mass is 10.1. The molecule has 2 N–H and O–H groups in total. The van der Waals surface area contributed by atoms with Crippen molar-refractivity contribution in [3.63, 3.8) is 0 Å². The molecule has 4 heterocycles. The highest BCUT2D eigenvalue weighted by Gasteiger charge is 2.24. The monoisotopic (exact) mass is 513 g/mol. The molecule has 0 fully saturated rings. The van der Waals surface area contributed by atoms with Gasteiger partial charge in [0.05, 0.1) is 11.3 Å². The number of imidazole rings is 1. The Hall–Kier alpha value is -5.53. The summed E-state index contributed by atoms with van der Waals surface area (Å²) < 4.78 is 11.0. The maximum Gasteiger partial charge on any atom is 0.366 e. The molecule has 4 aromatic heterocycles. The van der Waals surface area contributed by atoms with Gasteiger partial charge in [-0.2, -0.15) is 9.78 Å². The molecular weight excluding hydrogens is 494 g/mol. The number of phenolic OH excluding ortho intramolecular Hbond substituents is 1. The quantitative estimate of drug-likeness (QED) is 0.259. The average molecular weight is 513 g/mol. The fourth-order valence-corrected chi connectivity index (χ4v) is 4.24. The molecule has 0 spiro atoms. The molecule has 0 saturated carbocycles. The summed E-state index contributed by atoms with van der Waals surface area (Å²) in [4.78, 5) is 42.2. The van der Waals surface area contributed by atoms with Crippen molar-refractivity contribution in [3.05, 3.63) is 81.1 Å². The van der Waals surface area contributed by atoms with E-state index in [-0.39, 0.29) is 34.2 Å². The normalized spacial score (nSPS) is 11.4. The molecule has 6 aromatic rings. The Bertz CT molecular complexity index is 2020. The average Bonchev–Trinajstić information content (AvgIpc) is 3.60. The van der Waals surface area contributed by atoms with Gasteiger partial charge in [-0.3, -0.25) is 0 Å². The predicted molar refractivity (Wildman–Crippen MR) is 133 cm³/mol. The number of esters is 1. The molecule has 6 rings (SSSR count). The molecule has 190 valence electrons. The number of aromatic amines is 1. The van der Waals surface area contributed by atoms with Crippen molar-refractivity contribution in [2.24, 2.45) is 14.1 Å². The maximum absolute atomic E-state index is 13.1. The summed E-state index contributed by atoms with van der Waals surface area (Å²) in [7, 11) is 3.33. The Morgan fingerprint density at radius 3 is 2.74 bits per heavy atom. The topological polar surface area (TPSA) is 167 Å². The first-order valence-corrected chi connectivity index (χ1v) is 11.3. The Labute approximate surface area is 212 Å². The number of carbonyl (C=O) groups is 1. The van der Waals surface area contributed by atoms with Gasteiger partial charge in [0.25, 0.3) is 0 Å². The highest BCUT2D eigenvalue weighted by Crippen LogP contribution is 2.36. The van der Waals surface area contributed by atoms with E-state index < -0.39 is 17.3 Å². The molecule has 0 aliphatic carbocycles. The van der Waals surface area contributed by atoms with Crippen molar-refractivity contribution in [1.82, 2.24) is 43.7 Å². The summed E-state index contributed by atoms with van der Waals surface area (Å²) in [6.45, 7) is 1.66. The third-order valence-corrected chi connectivity index (χ3v) is 6.23. The molecule has 0 radical (unpaired) electrons. The fraction of sp³-hybridized carbons (Fsp3) is 0.125. The van der Waals surface area contributed by atoms with E-state index in [2.05, 4.69) is 25.5 Å². The first-order chi connectivity index (χ1) is 18.2. The second-order valence-corrected chi connectivity index (χ2v) is 8.66. The lowest BCUT2D eigenvalue weighted by molar-refractivity contribution is 0.0731. The number of hydrogen-bond acceptors (Lipinski definition) is 9. The molecular formula is C24H19N9O5. The van der Waals surface area contributed by atoms with Gasteiger partial charge in [-0.15, -0.1) is 5.10 Å². The van der Waals surface area contributed by atoms with Gasteiger partial charge in [0, 0.05) is 37.3 Å². The Morgan fingerprint density at radius 2 is 1.92 bits per heavy atom. The molecule has 0 bridgehead atoms. The van der Waals surface area contributed by atoms with Gasteiger partial charge < -0.3 is 14.4 Å². The summed E-state index contributed by atoms with van der Waals surface area (Å²) in [5.41, 5.74) is 0.821. The zero-order valence-corrected chi connectivity index (χ0v) is 20.3. The van der Waals surface area contributed by atoms with Crippen LogP contribution >= 0.6 is 0 Å². The second kappa shape index (κ2) is 8.26. The zero-order valence-electron chi connectivity index (χ0n) is 20.3. The number of aryl methyl sites for hydroxylation is 3. The number of ether oxygens (including phenoxy) is 1. The predicted octanol–water partition coefficient (Wildman–Crippen LogP) is 1.09. The van der Waals surface area contributed by atoms with Crippen LogP contribution in [-0.2, 0) is 14.1 Å². The molecule has 0 amide bonds. The molecule has 0 aliphatic rings. The second-order valence-electron chi connectivity index (χ2n) is 8.66. The minimum Gasteiger partial charge on any atom is -0.508 e. The van der Waals surface area contributed by atoms with Crippen LogP contribution in [0.4, 0.5) is 0 Å². The first-order valence-electron chi connectivity index (χ1n) is 11.3. The number of nitrogens with one attached hydrogen (secondary N) is 1. The van der Waals surface area contributed by atoms with E-state index >= 15 is 0 Å². The van der Waals surface area contributed by atoms with Gasteiger partial charge in [-0.1, -0.05) is 5.21 Å². The van der Waals surface area contributed by atoms with Crippen molar-refractivity contribution < 1.29 is 14.6 Å². The third-order valence-electron chi connectivity index (χ3n) is 6.23. The number of rotatable bonds is 4. The van der Waals surface area contributed by atoms with Gasteiger partial charge in [0.15, 0.2) is 17.2 Å². The summed E-state index contributed by atoms with van der Waals surface area (Å²) in [6, 6.07) is 10.2. The molecule has 0 unspecified atom stereocenters. The molecule has 14 nitrogen and oxygen atoms in total. The number of aromatic nitrogens is 9. The molecule has 0 aliphatic heterocycles. The van der Waals surface area contributed by atoms with Gasteiger partial charge in [0.2, 0.25) is 0 Å². The number of fused-ring (bicyclic) bond motifs is 2. The van der Waals surface area contributed by atoms with Crippen molar-refractivity contribution in [2.75, 3.05) is 0 Å². The minimum atomic E-state index is -0.949. The van der Waals surface area contributed by atoms with Crippen LogP contribution in [0.15, 0.2) is 58.5 Å². The van der Waals surface area contributed by atoms with Crippen LogP contribution in [0, 0.1) is 6.92 Å². The highest BCUT2D eigenvalue weighted by molar-refractivity contribution is 5.95. The van der Waals surface area contributed by atoms with Crippen molar-refractivity contribution in [3.8, 4) is 28.6 Å². The van der Waals surface area contributed by atoms with E-state index in [0.717, 1.165) is 26.3 Å². The van der Waals surface area contributed by atoms with Gasteiger partial charge >= 0.3 is 17.3 Å². The van der Waals surface area contributed by atoms with Gasteiger partial charge in [-0.05, 0) is 42.8 Å². The van der Waals surface area contributed by atoms with E-state index in [1.54, 1.807) is 19.1 Å². The molecule has 38 heavy (non-hydrogen) atoms. The minimum absolute atomic E-state index is 0.0860. The Balaban J connectivity index is 1.47. The number of nitrogens with zero attached hydrogens (tertiary/aromatic N) is 8. The maximum atomic E-state index is 13.1. The van der Waals surface area contributed by atoms with Crippen LogP contribution in [0.5, 0.6) is 11.5 Å². The summed E-state index contributed by atoms with van der Waals surface area (Å²) in [5, 5.41) is 25.5. The number of benzene rings is 2. The van der Waals surface area contributed by atoms with Gasteiger partial charge in [-0.25, -0.2) is 33.4 Å². The van der Waals surface area contributed by atoms with Crippen LogP contribution in [0.3, 0.4) is 0 Å². The fourth-order valence-electron chi connectivity index (χ4n) is 4.24. The van der Waals surface area contributed by atoms with Crippen molar-refractivity contribution >= 4 is 22.5 Å². The van der Waals surface area contributed by atoms with Gasteiger partial charge in [0.1, 0.15) is 17.8 Å². The van der Waals surface area contributed by atoms with Crippen LogP contribution < -0.4 is 16.1 Å². The van der Waals surface area contributed by atoms with Crippen LogP contribution in [0.25, 0.3) is 33.6 Å². The Morgan fingerprint density at radius 1 is 1.11 bits per heavy atom. The number of phenols is 1. The smallest absolute Gasteiger partial charge is 0.366 e. The van der Waals surface area contributed by atoms with Crippen LogP contribution in [0.2, 0.25) is 0 Å². The highest BCUT2D eigenvalue weighted by atomic mass is 16.5. The van der Waals surface area contributed by atoms with Crippen molar-refractivity contribution in [2.45, 2.75) is 6.92 Å². The summed E-state index contributed by atoms with van der Waals surface area (Å²) in [5.74, 6) is -1.03. The standard InChI is InChI=1S/C24H19N9O5/c1-12-8-15(20-26-28-23(36)33(20)14-4-5-16-13(9-14)6-7-30(16)2)18(10-17(12)34)38-22(35)19-21-27-29-31(3)24(37)32(21)11-25-19/h4-11,34H,1-3H3,(H,28,36). The van der Waals surface area contributed by atoms with E-state index in [1.807, 2.05) is 36.0 Å². The van der Waals surface area contributed by atoms with Crippen molar-refractivity contribution in [1.29, 1.82) is 0 Å². The number of hydrogen-bond donors (Lipinski definition) is 2. The van der Waals surface area contributed by atoms with E-state index in [1.165, 1.54) is 17.7 Å². The Kier molecular flexibility index (Phi) is 4.98. The number of H-pyrrole nitrogens is 1. The molecule has 2 aromatic carbocycles. The van der Waals surface area contributed by atoms with Crippen LogP contribution in [-0.4, -0.2) is 54.8 Å². The SMILES string of the molecule is Cc1cc(-c2n[nH]c(=O)n2-c2ccc3c(ccn3C)c2)c(OC(=O)c2ncn3c(=O)n(C)nnc23)cc1O. The largest absolute Gasteiger partial charge is 0.508 e. The number of carbonyl (C=O) groups excluding carboxylic acids is 1. The molecule has 0 saturated heterocycles. The number of aromatic hydroxyl groups is 1. The van der Waals surface area contributed by atoms with E-state index in [9.17, 15) is 19.5 Å². The first kappa shape index (κ1) is 22.9. The van der Waals surface area contributed by atoms with E-state index in [4.69, 9.17) is 4.74 Å². The zero-order chi connectivity index (χ0) is 26.7.